The van der Waals surface area contributed by atoms with Crippen molar-refractivity contribution < 1.29 is 32.2 Å². The van der Waals surface area contributed by atoms with Crippen LogP contribution in [0.1, 0.15) is 59.3 Å². The molecule has 232 valence electrons. The molecule has 0 radical (unpaired) electrons. The summed E-state index contributed by atoms with van der Waals surface area (Å²) in [6, 6.07) is 8.84. The highest BCUT2D eigenvalue weighted by atomic mass is 35.5. The number of alkyl halides is 2. The lowest BCUT2D eigenvalue weighted by molar-refractivity contribution is -0.123. The molecule has 2 aliphatic rings. The third kappa shape index (κ3) is 5.90. The molecule has 5 N–H and O–H groups in total. The number of fused-ring (bicyclic) bond motifs is 1. The van der Waals surface area contributed by atoms with Gasteiger partial charge in [-0.15, -0.1) is 0 Å². The van der Waals surface area contributed by atoms with E-state index in [-0.39, 0.29) is 52.6 Å². The molecule has 1 aromatic heterocycles. The van der Waals surface area contributed by atoms with Crippen molar-refractivity contribution in [1.82, 2.24) is 10.3 Å². The van der Waals surface area contributed by atoms with E-state index in [9.17, 15) is 22.8 Å². The van der Waals surface area contributed by atoms with E-state index in [1.165, 1.54) is 31.4 Å². The molecule has 2 atom stereocenters. The largest absolute Gasteiger partial charge is 0.495 e. The number of nitrogen functional groups attached to an aromatic ring is 1. The van der Waals surface area contributed by atoms with Gasteiger partial charge in [0, 0.05) is 46.6 Å². The zero-order valence-electron chi connectivity index (χ0n) is 24.0. The summed E-state index contributed by atoms with van der Waals surface area (Å²) < 4.78 is 51.1. The van der Waals surface area contributed by atoms with Crippen molar-refractivity contribution in [3.63, 3.8) is 0 Å². The standard InChI is InChI=1S/C31H31ClF3N5O4/c1-31(29(37)42)14-44-27-20(31)11-23(40-26(27)16-6-7-21(32)22(33)9-16)19(15-4-3-5-15)13-38-28(41)17-8-18(12-39-30(34)35)25(36)24(10-17)43-2/h6-12,15,19,30H,3-5,13-14,36H2,1-2H3,(H2,37,42)(H,38,41)/b39-12+/t19-,31-/m0/s1. The van der Waals surface area contributed by atoms with Crippen LogP contribution in [-0.4, -0.2) is 49.8 Å². The molecule has 44 heavy (non-hydrogen) atoms. The molecule has 1 saturated carbocycles. The van der Waals surface area contributed by atoms with Gasteiger partial charge in [0.25, 0.3) is 5.91 Å². The highest BCUT2D eigenvalue weighted by Crippen LogP contribution is 2.47. The maximum absolute atomic E-state index is 14.5. The van der Waals surface area contributed by atoms with Crippen LogP contribution in [0.3, 0.4) is 0 Å². The molecule has 9 nitrogen and oxygen atoms in total. The van der Waals surface area contributed by atoms with Gasteiger partial charge < -0.3 is 26.3 Å². The van der Waals surface area contributed by atoms with Gasteiger partial charge in [-0.05, 0) is 56.0 Å². The second kappa shape index (κ2) is 12.4. The van der Waals surface area contributed by atoms with E-state index in [1.807, 2.05) is 0 Å². The Morgan fingerprint density at radius 2 is 2.02 bits per heavy atom. The highest BCUT2D eigenvalue weighted by Gasteiger charge is 2.44. The number of pyridine rings is 1. The smallest absolute Gasteiger partial charge is 0.331 e. The Morgan fingerprint density at radius 3 is 2.64 bits per heavy atom. The summed E-state index contributed by atoms with van der Waals surface area (Å²) in [5.41, 5.74) is 12.8. The minimum atomic E-state index is -2.95. The van der Waals surface area contributed by atoms with Crippen molar-refractivity contribution in [1.29, 1.82) is 0 Å². The van der Waals surface area contributed by atoms with Gasteiger partial charge in [0.05, 0.1) is 17.8 Å². The number of rotatable bonds is 10. The van der Waals surface area contributed by atoms with Crippen LogP contribution in [0.4, 0.5) is 18.9 Å². The first-order valence-corrected chi connectivity index (χ1v) is 14.3. The summed E-state index contributed by atoms with van der Waals surface area (Å²) in [7, 11) is 1.35. The van der Waals surface area contributed by atoms with Crippen LogP contribution in [0.2, 0.25) is 5.02 Å². The number of amides is 2. The first kappa shape index (κ1) is 31.1. The molecule has 3 aromatic rings. The number of hydrogen-bond donors (Lipinski definition) is 3. The lowest BCUT2D eigenvalue weighted by Gasteiger charge is -2.34. The summed E-state index contributed by atoms with van der Waals surface area (Å²) in [5.74, 6) is -1.38. The molecule has 2 heterocycles. The van der Waals surface area contributed by atoms with Gasteiger partial charge in [-0.2, -0.15) is 8.78 Å². The second-order valence-corrected chi connectivity index (χ2v) is 11.5. The maximum Gasteiger partial charge on any atom is 0.331 e. The zero-order valence-corrected chi connectivity index (χ0v) is 24.8. The molecule has 2 amide bonds. The van der Waals surface area contributed by atoms with E-state index < -0.39 is 29.6 Å². The van der Waals surface area contributed by atoms with Crippen LogP contribution in [-0.2, 0) is 10.2 Å². The first-order valence-electron chi connectivity index (χ1n) is 13.9. The molecule has 0 unspecified atom stereocenters. The quantitative estimate of drug-likeness (QED) is 0.159. The van der Waals surface area contributed by atoms with Gasteiger partial charge in [-0.3, -0.25) is 9.59 Å². The molecule has 0 saturated heterocycles. The van der Waals surface area contributed by atoms with Gasteiger partial charge >= 0.3 is 6.55 Å². The average molecular weight is 630 g/mol. The van der Waals surface area contributed by atoms with E-state index in [0.29, 0.717) is 28.3 Å². The minimum Gasteiger partial charge on any atom is -0.495 e. The summed E-state index contributed by atoms with van der Waals surface area (Å²) >= 11 is 5.93. The summed E-state index contributed by atoms with van der Waals surface area (Å²) in [5, 5.41) is 2.87. The second-order valence-electron chi connectivity index (χ2n) is 11.1. The highest BCUT2D eigenvalue weighted by molar-refractivity contribution is 6.30. The number of primary amides is 1. The fraction of sp³-hybridized carbons (Fsp3) is 0.355. The normalized spacial score (nSPS) is 18.5. The number of hydrogen-bond acceptors (Lipinski definition) is 7. The van der Waals surface area contributed by atoms with Crippen molar-refractivity contribution in [3.8, 4) is 22.8 Å². The van der Waals surface area contributed by atoms with Crippen LogP contribution >= 0.6 is 11.6 Å². The monoisotopic (exact) mass is 629 g/mol. The van der Waals surface area contributed by atoms with E-state index in [4.69, 9.17) is 37.5 Å². The van der Waals surface area contributed by atoms with Crippen LogP contribution in [0.15, 0.2) is 41.4 Å². The first-order chi connectivity index (χ1) is 20.9. The van der Waals surface area contributed by atoms with E-state index in [0.717, 1.165) is 25.5 Å². The zero-order chi connectivity index (χ0) is 31.8. The third-order valence-electron chi connectivity index (χ3n) is 8.39. The minimum absolute atomic E-state index is 0.00707. The van der Waals surface area contributed by atoms with Gasteiger partial charge in [-0.1, -0.05) is 24.1 Å². The predicted octanol–water partition coefficient (Wildman–Crippen LogP) is 5.22. The fourth-order valence-corrected chi connectivity index (χ4v) is 5.61. The molecule has 1 aliphatic heterocycles. The van der Waals surface area contributed by atoms with Crippen LogP contribution in [0.25, 0.3) is 11.3 Å². The molecule has 13 heteroatoms. The van der Waals surface area contributed by atoms with Crippen molar-refractivity contribution in [2.75, 3.05) is 26.0 Å². The van der Waals surface area contributed by atoms with Crippen LogP contribution in [0, 0.1) is 11.7 Å². The molecule has 1 aliphatic carbocycles. The number of aromatic nitrogens is 1. The Bertz CT molecular complexity index is 1650. The molecule has 0 spiro atoms. The lowest BCUT2D eigenvalue weighted by Crippen LogP contribution is -2.40. The number of ether oxygens (including phenoxy) is 2. The number of nitrogens with zero attached hydrogens (tertiary/aromatic N) is 2. The van der Waals surface area contributed by atoms with Crippen LogP contribution < -0.4 is 26.3 Å². The maximum atomic E-state index is 14.5. The molecule has 2 aromatic carbocycles. The summed E-state index contributed by atoms with van der Waals surface area (Å²) in [6.45, 7) is -1.12. The predicted molar refractivity (Wildman–Crippen MR) is 160 cm³/mol. The van der Waals surface area contributed by atoms with E-state index >= 15 is 0 Å². The van der Waals surface area contributed by atoms with Crippen molar-refractivity contribution in [2.45, 2.75) is 44.1 Å². The molecule has 1 fully saturated rings. The van der Waals surface area contributed by atoms with Crippen molar-refractivity contribution in [2.24, 2.45) is 16.6 Å². The Balaban J connectivity index is 1.52. The van der Waals surface area contributed by atoms with Crippen molar-refractivity contribution >= 4 is 35.3 Å². The fourth-order valence-electron chi connectivity index (χ4n) is 5.49. The summed E-state index contributed by atoms with van der Waals surface area (Å²) in [6.07, 6.45) is 3.67. The number of carbonyl (C=O) groups is 2. The number of methoxy groups -OCH3 is 1. The Morgan fingerprint density at radius 1 is 1.27 bits per heavy atom. The number of anilines is 1. The SMILES string of the molecule is COc1cc(C(=O)NC[C@H](c2cc3c(c(-c4ccc(Cl)c(F)c4)n2)OC[C@]3(C)C(N)=O)C2CCC2)cc(/C=N/C(F)F)c1N. The van der Waals surface area contributed by atoms with Gasteiger partial charge in [-0.25, -0.2) is 14.4 Å². The number of nitrogens with one attached hydrogen (secondary N) is 1. The van der Waals surface area contributed by atoms with Crippen LogP contribution in [0.5, 0.6) is 11.5 Å². The molecular formula is C31H31ClF3N5O4. The van der Waals surface area contributed by atoms with E-state index in [1.54, 1.807) is 19.1 Å². The topological polar surface area (TPSA) is 142 Å². The average Bonchev–Trinajstić information content (AvgIpc) is 3.32. The Kier molecular flexibility index (Phi) is 8.73. The van der Waals surface area contributed by atoms with Gasteiger partial charge in [0.15, 0.2) is 0 Å². The summed E-state index contributed by atoms with van der Waals surface area (Å²) in [4.78, 5) is 33.9. The number of nitrogens with two attached hydrogens (primary N) is 2. The van der Waals surface area contributed by atoms with Gasteiger partial charge in [0.1, 0.15) is 35.0 Å². The molecule has 0 bridgehead atoms. The third-order valence-corrected chi connectivity index (χ3v) is 8.70. The number of aliphatic imine (C=N–C) groups is 1. The number of carbonyl (C=O) groups excluding carboxylic acids is 2. The lowest BCUT2D eigenvalue weighted by atomic mass is 9.73. The van der Waals surface area contributed by atoms with E-state index in [2.05, 4.69) is 10.3 Å². The number of halogens is 4. The van der Waals surface area contributed by atoms with Crippen molar-refractivity contribution in [3.05, 3.63) is 69.6 Å². The van der Waals surface area contributed by atoms with Gasteiger partial charge in [0.2, 0.25) is 5.91 Å². The number of benzene rings is 2. The Hall–Kier alpha value is -4.32. The Labute approximate surface area is 256 Å². The molecule has 5 rings (SSSR count). The molecular weight excluding hydrogens is 599 g/mol.